The average molecular weight is 488 g/mol. The summed E-state index contributed by atoms with van der Waals surface area (Å²) >= 11 is 0. The molecule has 1 amide bonds. The highest BCUT2D eigenvalue weighted by Gasteiger charge is 2.47. The molecule has 1 unspecified atom stereocenters. The van der Waals surface area contributed by atoms with Gasteiger partial charge in [-0.25, -0.2) is 0 Å². The van der Waals surface area contributed by atoms with Crippen LogP contribution < -0.4 is 14.4 Å². The molecule has 1 aliphatic heterocycles. The van der Waals surface area contributed by atoms with Gasteiger partial charge in [0, 0.05) is 5.56 Å². The highest BCUT2D eigenvalue weighted by molar-refractivity contribution is 6.51. The van der Waals surface area contributed by atoms with Gasteiger partial charge >= 0.3 is 5.91 Å². The Hall–Kier alpha value is -4.20. The first-order valence-corrected chi connectivity index (χ1v) is 11.8. The van der Waals surface area contributed by atoms with Gasteiger partial charge in [-0.15, -0.1) is 5.10 Å². The molecule has 1 atom stereocenters. The quantitative estimate of drug-likeness (QED) is 0.285. The Kier molecular flexibility index (Phi) is 7.05. The van der Waals surface area contributed by atoms with Gasteiger partial charge in [-0.2, -0.15) is 5.10 Å². The summed E-state index contributed by atoms with van der Waals surface area (Å²) in [7, 11) is 0. The standard InChI is InChI=1S/C28H29N3O5/c1-16(2)35-21-11-7-19(8-12-21)25-24(26(32)20-9-13-22(14-10-20)36-17(3)4)27(33)28(34)31(25)23-15-6-18(5)29-30-23/h6-17,25,32H,1-5H3. The molecular weight excluding hydrogens is 458 g/mol. The van der Waals surface area contributed by atoms with Crippen LogP contribution in [0, 0.1) is 6.92 Å². The van der Waals surface area contributed by atoms with Crippen LogP contribution in [0.1, 0.15) is 50.6 Å². The van der Waals surface area contributed by atoms with Crippen molar-refractivity contribution in [3.05, 3.63) is 83.1 Å². The van der Waals surface area contributed by atoms with Crippen LogP contribution in [0.25, 0.3) is 5.76 Å². The zero-order valence-electron chi connectivity index (χ0n) is 20.9. The lowest BCUT2D eigenvalue weighted by atomic mass is 9.95. The zero-order chi connectivity index (χ0) is 26.0. The predicted octanol–water partition coefficient (Wildman–Crippen LogP) is 4.99. The molecule has 2 aromatic carbocycles. The molecule has 0 aliphatic carbocycles. The normalized spacial score (nSPS) is 17.2. The average Bonchev–Trinajstić information content (AvgIpc) is 3.10. The summed E-state index contributed by atoms with van der Waals surface area (Å²) < 4.78 is 11.4. The molecular formula is C28H29N3O5. The van der Waals surface area contributed by atoms with E-state index in [1.165, 1.54) is 4.90 Å². The topological polar surface area (TPSA) is 102 Å². The lowest BCUT2D eigenvalue weighted by Gasteiger charge is -2.24. The van der Waals surface area contributed by atoms with E-state index in [9.17, 15) is 14.7 Å². The molecule has 186 valence electrons. The van der Waals surface area contributed by atoms with Gasteiger partial charge in [-0.3, -0.25) is 14.5 Å². The largest absolute Gasteiger partial charge is 0.507 e. The van der Waals surface area contributed by atoms with E-state index in [1.807, 2.05) is 27.7 Å². The Bertz CT molecular complexity index is 1280. The zero-order valence-corrected chi connectivity index (χ0v) is 20.9. The smallest absolute Gasteiger partial charge is 0.301 e. The second kappa shape index (κ2) is 10.2. The molecule has 36 heavy (non-hydrogen) atoms. The molecule has 1 aromatic heterocycles. The number of ether oxygens (including phenoxy) is 2. The van der Waals surface area contributed by atoms with Gasteiger partial charge in [0.25, 0.3) is 5.78 Å². The first-order valence-electron chi connectivity index (χ1n) is 11.8. The van der Waals surface area contributed by atoms with Crippen molar-refractivity contribution in [1.29, 1.82) is 0 Å². The fourth-order valence-corrected chi connectivity index (χ4v) is 4.02. The van der Waals surface area contributed by atoms with Gasteiger partial charge in [0.2, 0.25) is 0 Å². The third-order valence-corrected chi connectivity index (χ3v) is 5.54. The number of benzene rings is 2. The van der Waals surface area contributed by atoms with Crippen LogP contribution >= 0.6 is 0 Å². The predicted molar refractivity (Wildman–Crippen MR) is 136 cm³/mol. The number of hydrogen-bond acceptors (Lipinski definition) is 7. The third kappa shape index (κ3) is 5.07. The van der Waals surface area contributed by atoms with Crippen molar-refractivity contribution in [2.24, 2.45) is 0 Å². The number of carbonyl (C=O) groups is 2. The minimum absolute atomic E-state index is 0.00645. The summed E-state index contributed by atoms with van der Waals surface area (Å²) in [6.07, 6.45) is -0.0139. The molecule has 0 spiro atoms. The van der Waals surface area contributed by atoms with E-state index in [0.717, 1.165) is 0 Å². The van der Waals surface area contributed by atoms with Crippen molar-refractivity contribution in [2.45, 2.75) is 52.9 Å². The van der Waals surface area contributed by atoms with Crippen LogP contribution in [0.5, 0.6) is 11.5 Å². The number of aromatic nitrogens is 2. The lowest BCUT2D eigenvalue weighted by Crippen LogP contribution is -2.30. The summed E-state index contributed by atoms with van der Waals surface area (Å²) in [5, 5.41) is 19.5. The first-order chi connectivity index (χ1) is 17.2. The van der Waals surface area contributed by atoms with Crippen LogP contribution in [0.3, 0.4) is 0 Å². The van der Waals surface area contributed by atoms with E-state index in [2.05, 4.69) is 10.2 Å². The fraction of sp³-hybridized carbons (Fsp3) is 0.286. The maximum Gasteiger partial charge on any atom is 0.301 e. The maximum atomic E-state index is 13.3. The van der Waals surface area contributed by atoms with Crippen molar-refractivity contribution in [3.63, 3.8) is 0 Å². The summed E-state index contributed by atoms with van der Waals surface area (Å²) in [6, 6.07) is 16.3. The lowest BCUT2D eigenvalue weighted by molar-refractivity contribution is -0.132. The third-order valence-electron chi connectivity index (χ3n) is 5.54. The molecule has 8 nitrogen and oxygen atoms in total. The molecule has 3 aromatic rings. The molecule has 0 saturated carbocycles. The number of Topliss-reactive ketones (excluding diaryl/α,β-unsaturated/α-hetero) is 1. The van der Waals surface area contributed by atoms with E-state index in [-0.39, 0.29) is 29.4 Å². The molecule has 1 N–H and O–H groups in total. The Balaban J connectivity index is 1.83. The summed E-state index contributed by atoms with van der Waals surface area (Å²) in [5.74, 6) is -0.364. The highest BCUT2D eigenvalue weighted by atomic mass is 16.5. The van der Waals surface area contributed by atoms with Crippen LogP contribution in [0.15, 0.2) is 66.2 Å². The molecule has 8 heteroatoms. The molecule has 1 aliphatic rings. The number of aliphatic hydroxyl groups is 1. The first kappa shape index (κ1) is 24.9. The number of nitrogens with zero attached hydrogens (tertiary/aromatic N) is 3. The highest BCUT2D eigenvalue weighted by Crippen LogP contribution is 2.42. The van der Waals surface area contributed by atoms with Crippen molar-refractivity contribution < 1.29 is 24.2 Å². The Labute approximate surface area is 210 Å². The molecule has 1 fully saturated rings. The molecule has 0 bridgehead atoms. The summed E-state index contributed by atoms with van der Waals surface area (Å²) in [4.78, 5) is 27.8. The van der Waals surface area contributed by atoms with E-state index in [4.69, 9.17) is 9.47 Å². The van der Waals surface area contributed by atoms with E-state index in [1.54, 1.807) is 67.6 Å². The van der Waals surface area contributed by atoms with Crippen molar-refractivity contribution >= 4 is 23.3 Å². The van der Waals surface area contributed by atoms with Gasteiger partial charge in [-0.05, 0) is 88.7 Å². The van der Waals surface area contributed by atoms with Crippen LogP contribution in [0.2, 0.25) is 0 Å². The number of carbonyl (C=O) groups excluding carboxylic acids is 2. The van der Waals surface area contributed by atoms with Gasteiger partial charge in [0.1, 0.15) is 17.3 Å². The van der Waals surface area contributed by atoms with Crippen LogP contribution in [0.4, 0.5) is 5.82 Å². The monoisotopic (exact) mass is 487 g/mol. The van der Waals surface area contributed by atoms with Gasteiger partial charge < -0.3 is 14.6 Å². The van der Waals surface area contributed by atoms with Crippen LogP contribution in [-0.4, -0.2) is 39.2 Å². The van der Waals surface area contributed by atoms with Gasteiger partial charge in [0.05, 0.1) is 29.5 Å². The van der Waals surface area contributed by atoms with E-state index >= 15 is 0 Å². The van der Waals surface area contributed by atoms with Crippen LogP contribution in [-0.2, 0) is 9.59 Å². The molecule has 0 radical (unpaired) electrons. The minimum atomic E-state index is -0.901. The summed E-state index contributed by atoms with van der Waals surface area (Å²) in [5.41, 5.74) is 1.65. The van der Waals surface area contributed by atoms with E-state index in [0.29, 0.717) is 28.3 Å². The maximum absolute atomic E-state index is 13.3. The number of aryl methyl sites for hydroxylation is 1. The fourth-order valence-electron chi connectivity index (χ4n) is 4.02. The van der Waals surface area contributed by atoms with Crippen molar-refractivity contribution in [1.82, 2.24) is 10.2 Å². The number of aliphatic hydroxyl groups excluding tert-OH is 1. The molecule has 1 saturated heterocycles. The van der Waals surface area contributed by atoms with E-state index < -0.39 is 17.7 Å². The van der Waals surface area contributed by atoms with Gasteiger partial charge in [-0.1, -0.05) is 12.1 Å². The number of anilines is 1. The second-order valence-electron chi connectivity index (χ2n) is 9.13. The summed E-state index contributed by atoms with van der Waals surface area (Å²) in [6.45, 7) is 9.47. The number of hydrogen-bond donors (Lipinski definition) is 1. The van der Waals surface area contributed by atoms with Crippen molar-refractivity contribution in [3.8, 4) is 11.5 Å². The second-order valence-corrected chi connectivity index (χ2v) is 9.13. The minimum Gasteiger partial charge on any atom is -0.507 e. The number of rotatable bonds is 7. The molecule has 4 rings (SSSR count). The van der Waals surface area contributed by atoms with Gasteiger partial charge in [0.15, 0.2) is 5.82 Å². The SMILES string of the molecule is Cc1ccc(N2C(=O)C(=O)C(=C(O)c3ccc(OC(C)C)cc3)C2c2ccc(OC(C)C)cc2)nn1. The van der Waals surface area contributed by atoms with Crippen molar-refractivity contribution in [2.75, 3.05) is 4.90 Å². The Morgan fingerprint density at radius 3 is 1.89 bits per heavy atom. The number of ketones is 1. The number of amides is 1. The molecule has 2 heterocycles. The Morgan fingerprint density at radius 1 is 0.833 bits per heavy atom. The Morgan fingerprint density at radius 2 is 1.39 bits per heavy atom.